The summed E-state index contributed by atoms with van der Waals surface area (Å²) >= 11 is 0. The highest BCUT2D eigenvalue weighted by molar-refractivity contribution is 5.23. The predicted molar refractivity (Wildman–Crippen MR) is 55.2 cm³/mol. The van der Waals surface area contributed by atoms with E-state index in [1.807, 2.05) is 0 Å². The molecule has 2 aliphatic heterocycles. The molecule has 1 aromatic rings. The van der Waals surface area contributed by atoms with Crippen LogP contribution in [0, 0.1) is 0 Å². The van der Waals surface area contributed by atoms with E-state index in [-0.39, 0.29) is 5.66 Å². The van der Waals surface area contributed by atoms with Crippen molar-refractivity contribution in [3.63, 3.8) is 0 Å². The van der Waals surface area contributed by atoms with E-state index in [0.29, 0.717) is 6.17 Å². The van der Waals surface area contributed by atoms with Gasteiger partial charge in [0.2, 0.25) is 0 Å². The second-order valence-corrected chi connectivity index (χ2v) is 4.46. The van der Waals surface area contributed by atoms with Crippen LogP contribution in [0.25, 0.3) is 0 Å². The van der Waals surface area contributed by atoms with Gasteiger partial charge in [0.05, 0.1) is 0 Å². The van der Waals surface area contributed by atoms with Crippen molar-refractivity contribution in [3.8, 4) is 0 Å². The molecule has 14 heavy (non-hydrogen) atoms. The van der Waals surface area contributed by atoms with Gasteiger partial charge in [0.25, 0.3) is 0 Å². The first-order valence-corrected chi connectivity index (χ1v) is 5.03. The topological polar surface area (TPSA) is 28.2 Å². The molecule has 1 N–H and O–H groups in total. The first-order valence-electron chi connectivity index (χ1n) is 5.03. The Morgan fingerprint density at radius 3 is 2.64 bits per heavy atom. The lowest BCUT2D eigenvalue weighted by molar-refractivity contribution is 0.196. The van der Waals surface area contributed by atoms with Crippen LogP contribution in [0.3, 0.4) is 0 Å². The summed E-state index contributed by atoms with van der Waals surface area (Å²) in [5.41, 5.74) is 5.00. The SMILES string of the molecule is CN1CC2(C)NN2C1c1ccccc1. The quantitative estimate of drug-likeness (QED) is 0.672. The Bertz CT molecular complexity index is 351. The molecule has 2 heterocycles. The van der Waals surface area contributed by atoms with Crippen LogP contribution in [-0.4, -0.2) is 29.2 Å². The summed E-state index contributed by atoms with van der Waals surface area (Å²) in [4.78, 5) is 2.38. The normalized spacial score (nSPS) is 41.0. The molecule has 2 aliphatic rings. The van der Waals surface area contributed by atoms with Crippen LogP contribution >= 0.6 is 0 Å². The van der Waals surface area contributed by atoms with Gasteiger partial charge in [-0.05, 0) is 19.5 Å². The molecular weight excluding hydrogens is 174 g/mol. The number of nitrogens with one attached hydrogen (secondary N) is 1. The summed E-state index contributed by atoms with van der Waals surface area (Å²) in [5.74, 6) is 0. The van der Waals surface area contributed by atoms with Gasteiger partial charge in [-0.15, -0.1) is 0 Å². The van der Waals surface area contributed by atoms with E-state index < -0.39 is 0 Å². The van der Waals surface area contributed by atoms with Gasteiger partial charge in [-0.25, -0.2) is 5.43 Å². The van der Waals surface area contributed by atoms with Crippen LogP contribution in [0.5, 0.6) is 0 Å². The molecule has 0 radical (unpaired) electrons. The third-order valence-corrected chi connectivity index (χ3v) is 3.16. The lowest BCUT2D eigenvalue weighted by atomic mass is 10.2. The summed E-state index contributed by atoms with van der Waals surface area (Å²) in [6, 6.07) is 10.6. The molecule has 3 atom stereocenters. The molecule has 3 heteroatoms. The van der Waals surface area contributed by atoms with Crippen molar-refractivity contribution in [2.75, 3.05) is 13.6 Å². The molecule has 0 aromatic heterocycles. The van der Waals surface area contributed by atoms with E-state index in [9.17, 15) is 0 Å². The van der Waals surface area contributed by atoms with E-state index >= 15 is 0 Å². The fraction of sp³-hybridized carbons (Fsp3) is 0.455. The van der Waals surface area contributed by atoms with Crippen molar-refractivity contribution >= 4 is 0 Å². The average Bonchev–Trinajstić information content (AvgIpc) is 2.72. The Morgan fingerprint density at radius 1 is 1.36 bits per heavy atom. The maximum atomic E-state index is 3.42. The molecule has 2 saturated heterocycles. The number of nitrogens with zero attached hydrogens (tertiary/aromatic N) is 2. The number of hydrogen-bond acceptors (Lipinski definition) is 3. The van der Waals surface area contributed by atoms with Crippen LogP contribution in [0.1, 0.15) is 18.7 Å². The number of rotatable bonds is 1. The van der Waals surface area contributed by atoms with E-state index in [2.05, 4.69) is 59.6 Å². The third-order valence-electron chi connectivity index (χ3n) is 3.16. The van der Waals surface area contributed by atoms with Crippen molar-refractivity contribution in [1.29, 1.82) is 0 Å². The number of benzene rings is 1. The van der Waals surface area contributed by atoms with Gasteiger partial charge in [-0.1, -0.05) is 30.3 Å². The number of likely N-dealkylation sites (N-methyl/N-ethyl adjacent to an activating group) is 1. The van der Waals surface area contributed by atoms with E-state index in [4.69, 9.17) is 0 Å². The first kappa shape index (κ1) is 8.41. The molecule has 0 bridgehead atoms. The van der Waals surface area contributed by atoms with Gasteiger partial charge in [0.1, 0.15) is 11.8 Å². The Hall–Kier alpha value is -0.900. The van der Waals surface area contributed by atoms with Crippen LogP contribution in [0.2, 0.25) is 0 Å². The van der Waals surface area contributed by atoms with Crippen molar-refractivity contribution in [2.45, 2.75) is 18.8 Å². The molecule has 0 spiro atoms. The lowest BCUT2D eigenvalue weighted by Gasteiger charge is -2.22. The molecule has 2 fully saturated rings. The fourth-order valence-electron chi connectivity index (χ4n) is 2.48. The summed E-state index contributed by atoms with van der Waals surface area (Å²) < 4.78 is 0. The van der Waals surface area contributed by atoms with Gasteiger partial charge >= 0.3 is 0 Å². The highest BCUT2D eigenvalue weighted by atomic mass is 15.9. The molecule has 74 valence electrons. The Balaban J connectivity index is 1.93. The zero-order valence-electron chi connectivity index (χ0n) is 8.57. The van der Waals surface area contributed by atoms with E-state index in [1.54, 1.807) is 0 Å². The van der Waals surface area contributed by atoms with Gasteiger partial charge in [-0.3, -0.25) is 4.90 Å². The molecule has 1 aromatic carbocycles. The maximum absolute atomic E-state index is 3.42. The summed E-state index contributed by atoms with van der Waals surface area (Å²) in [6.07, 6.45) is 0.404. The van der Waals surface area contributed by atoms with E-state index in [1.165, 1.54) is 5.56 Å². The van der Waals surface area contributed by atoms with Gasteiger partial charge < -0.3 is 0 Å². The van der Waals surface area contributed by atoms with Crippen LogP contribution < -0.4 is 5.43 Å². The number of fused-ring (bicyclic) bond motifs is 1. The van der Waals surface area contributed by atoms with Crippen molar-refractivity contribution in [1.82, 2.24) is 15.3 Å². The third kappa shape index (κ3) is 1.03. The highest BCUT2D eigenvalue weighted by Crippen LogP contribution is 2.43. The minimum atomic E-state index is 0.218. The van der Waals surface area contributed by atoms with Crippen molar-refractivity contribution < 1.29 is 0 Å². The highest BCUT2D eigenvalue weighted by Gasteiger charge is 2.59. The van der Waals surface area contributed by atoms with Crippen LogP contribution in [0.15, 0.2) is 30.3 Å². The van der Waals surface area contributed by atoms with Crippen LogP contribution in [-0.2, 0) is 0 Å². The van der Waals surface area contributed by atoms with E-state index in [0.717, 1.165) is 6.54 Å². The Kier molecular flexibility index (Phi) is 1.54. The Morgan fingerprint density at radius 2 is 2.07 bits per heavy atom. The van der Waals surface area contributed by atoms with Crippen LogP contribution in [0.4, 0.5) is 0 Å². The smallest absolute Gasteiger partial charge is 0.109 e. The Labute approximate surface area is 84.3 Å². The summed E-state index contributed by atoms with van der Waals surface area (Å²) in [6.45, 7) is 3.33. The monoisotopic (exact) mass is 189 g/mol. The van der Waals surface area contributed by atoms with Gasteiger partial charge in [0, 0.05) is 6.54 Å². The largest absolute Gasteiger partial charge is 0.283 e. The van der Waals surface area contributed by atoms with Gasteiger partial charge in [0.15, 0.2) is 0 Å². The average molecular weight is 189 g/mol. The predicted octanol–water partition coefficient (Wildman–Crippen LogP) is 1.17. The maximum Gasteiger partial charge on any atom is 0.109 e. The minimum absolute atomic E-state index is 0.218. The second-order valence-electron chi connectivity index (χ2n) is 4.46. The van der Waals surface area contributed by atoms with Gasteiger partial charge in [-0.2, -0.15) is 5.01 Å². The number of hydrogen-bond donors (Lipinski definition) is 1. The molecule has 3 unspecified atom stereocenters. The summed E-state index contributed by atoms with van der Waals surface area (Å²) in [7, 11) is 2.18. The van der Waals surface area contributed by atoms with Crippen molar-refractivity contribution in [2.24, 2.45) is 0 Å². The first-order chi connectivity index (χ1) is 6.71. The lowest BCUT2D eigenvalue weighted by Crippen LogP contribution is -2.30. The summed E-state index contributed by atoms with van der Waals surface area (Å²) in [5, 5.41) is 2.32. The molecule has 0 saturated carbocycles. The standard InChI is InChI=1S/C11H15N3/c1-11-8-13(2)10(14(11)12-11)9-6-4-3-5-7-9/h3-7,10,12H,8H2,1-2H3. The zero-order chi connectivity index (χ0) is 9.76. The second kappa shape index (κ2) is 2.57. The molecule has 3 nitrogen and oxygen atoms in total. The molecular formula is C11H15N3. The number of hydrazine groups is 1. The molecule has 3 rings (SSSR count). The molecule has 0 aliphatic carbocycles. The minimum Gasteiger partial charge on any atom is -0.283 e. The van der Waals surface area contributed by atoms with Crippen molar-refractivity contribution in [3.05, 3.63) is 35.9 Å². The fourth-order valence-corrected chi connectivity index (χ4v) is 2.48. The zero-order valence-corrected chi connectivity index (χ0v) is 8.57. The molecule has 0 amide bonds.